The van der Waals surface area contributed by atoms with Crippen molar-refractivity contribution >= 4 is 5.91 Å². The van der Waals surface area contributed by atoms with Gasteiger partial charge in [0, 0.05) is 13.0 Å². The standard InChI is InChI=1S/C16H25NO2/c1-3-5-8-13-17-16(18)12-11-14-9-6-7-10-15(14)19-4-2/h6-7,9-10H,3-5,8,11-13H2,1-2H3,(H,17,18). The van der Waals surface area contributed by atoms with Gasteiger partial charge in [-0.2, -0.15) is 0 Å². The van der Waals surface area contributed by atoms with Crippen LogP contribution in [0.15, 0.2) is 24.3 Å². The molecule has 0 saturated heterocycles. The number of para-hydroxylation sites is 1. The number of nitrogens with one attached hydrogen (secondary N) is 1. The van der Waals surface area contributed by atoms with Gasteiger partial charge in [-0.3, -0.25) is 4.79 Å². The zero-order chi connectivity index (χ0) is 13.9. The Morgan fingerprint density at radius 1 is 1.21 bits per heavy atom. The zero-order valence-corrected chi connectivity index (χ0v) is 12.1. The van der Waals surface area contributed by atoms with Crippen LogP contribution in [0.4, 0.5) is 0 Å². The van der Waals surface area contributed by atoms with E-state index < -0.39 is 0 Å². The lowest BCUT2D eigenvalue weighted by molar-refractivity contribution is -0.121. The average Bonchev–Trinajstić information content (AvgIpc) is 2.43. The molecule has 0 radical (unpaired) electrons. The molecule has 3 nitrogen and oxygen atoms in total. The Balaban J connectivity index is 2.33. The van der Waals surface area contributed by atoms with Crippen LogP contribution >= 0.6 is 0 Å². The first-order valence-corrected chi connectivity index (χ1v) is 7.25. The Bertz CT molecular complexity index is 377. The number of carbonyl (C=O) groups is 1. The Morgan fingerprint density at radius 3 is 2.74 bits per heavy atom. The van der Waals surface area contributed by atoms with E-state index in [4.69, 9.17) is 4.74 Å². The summed E-state index contributed by atoms with van der Waals surface area (Å²) in [4.78, 5) is 11.7. The largest absolute Gasteiger partial charge is 0.494 e. The van der Waals surface area contributed by atoms with Crippen LogP contribution < -0.4 is 10.1 Å². The lowest BCUT2D eigenvalue weighted by Crippen LogP contribution is -2.24. The van der Waals surface area contributed by atoms with Gasteiger partial charge in [-0.25, -0.2) is 0 Å². The summed E-state index contributed by atoms with van der Waals surface area (Å²) < 4.78 is 5.55. The maximum Gasteiger partial charge on any atom is 0.220 e. The van der Waals surface area contributed by atoms with E-state index in [-0.39, 0.29) is 5.91 Å². The molecule has 1 rings (SSSR count). The fourth-order valence-corrected chi connectivity index (χ4v) is 1.95. The number of amides is 1. The Kier molecular flexibility index (Phi) is 7.71. The fraction of sp³-hybridized carbons (Fsp3) is 0.562. The lowest BCUT2D eigenvalue weighted by atomic mass is 10.1. The minimum atomic E-state index is 0.127. The number of carbonyl (C=O) groups excluding carboxylic acids is 1. The number of hydrogen-bond donors (Lipinski definition) is 1. The molecule has 3 heteroatoms. The summed E-state index contributed by atoms with van der Waals surface area (Å²) in [5.41, 5.74) is 1.10. The zero-order valence-electron chi connectivity index (χ0n) is 12.1. The number of aryl methyl sites for hydroxylation is 1. The molecule has 0 spiro atoms. The second-order valence-corrected chi connectivity index (χ2v) is 4.60. The molecule has 1 amide bonds. The summed E-state index contributed by atoms with van der Waals surface area (Å²) in [7, 11) is 0. The molecule has 0 aliphatic carbocycles. The molecule has 1 N–H and O–H groups in total. The molecule has 0 aromatic heterocycles. The first-order chi connectivity index (χ1) is 9.27. The molecule has 0 aliphatic heterocycles. The van der Waals surface area contributed by atoms with Crippen molar-refractivity contribution in [2.24, 2.45) is 0 Å². The van der Waals surface area contributed by atoms with Crippen molar-refractivity contribution in [3.8, 4) is 5.75 Å². The van der Waals surface area contributed by atoms with Gasteiger partial charge in [-0.1, -0.05) is 38.0 Å². The third-order valence-electron chi connectivity index (χ3n) is 3.00. The van der Waals surface area contributed by atoms with Crippen molar-refractivity contribution in [2.45, 2.75) is 46.0 Å². The van der Waals surface area contributed by atoms with Crippen molar-refractivity contribution in [1.29, 1.82) is 0 Å². The molecule has 1 aromatic carbocycles. The summed E-state index contributed by atoms with van der Waals surface area (Å²) in [6, 6.07) is 7.92. The van der Waals surface area contributed by atoms with Crippen LogP contribution in [0, 0.1) is 0 Å². The van der Waals surface area contributed by atoms with Crippen LogP contribution in [0.3, 0.4) is 0 Å². The van der Waals surface area contributed by atoms with Gasteiger partial charge in [0.1, 0.15) is 5.75 Å². The van der Waals surface area contributed by atoms with Crippen molar-refractivity contribution in [1.82, 2.24) is 5.32 Å². The predicted molar refractivity (Wildman–Crippen MR) is 78.5 cm³/mol. The molecule has 19 heavy (non-hydrogen) atoms. The molecule has 0 unspecified atom stereocenters. The van der Waals surface area contributed by atoms with E-state index in [0.717, 1.165) is 30.7 Å². The molecule has 0 saturated carbocycles. The molecule has 0 bridgehead atoms. The third kappa shape index (κ3) is 6.27. The number of benzene rings is 1. The highest BCUT2D eigenvalue weighted by Gasteiger charge is 2.06. The molecule has 106 valence electrons. The highest BCUT2D eigenvalue weighted by atomic mass is 16.5. The first kappa shape index (κ1) is 15.5. The summed E-state index contributed by atoms with van der Waals surface area (Å²) in [6.45, 7) is 5.57. The maximum atomic E-state index is 11.7. The van der Waals surface area contributed by atoms with E-state index in [1.165, 1.54) is 12.8 Å². The SMILES string of the molecule is CCCCCNC(=O)CCc1ccccc1OCC. The van der Waals surface area contributed by atoms with Crippen LogP contribution in [0.25, 0.3) is 0 Å². The third-order valence-corrected chi connectivity index (χ3v) is 3.00. The van der Waals surface area contributed by atoms with Crippen LogP contribution in [0.1, 0.15) is 45.1 Å². The predicted octanol–water partition coefficient (Wildman–Crippen LogP) is 3.32. The summed E-state index contributed by atoms with van der Waals surface area (Å²) >= 11 is 0. The molecular weight excluding hydrogens is 238 g/mol. The monoisotopic (exact) mass is 263 g/mol. The molecule has 0 heterocycles. The highest BCUT2D eigenvalue weighted by molar-refractivity contribution is 5.76. The average molecular weight is 263 g/mol. The van der Waals surface area contributed by atoms with Gasteiger partial charge in [0.25, 0.3) is 0 Å². The van der Waals surface area contributed by atoms with Crippen LogP contribution in [0.5, 0.6) is 5.75 Å². The van der Waals surface area contributed by atoms with E-state index >= 15 is 0 Å². The minimum Gasteiger partial charge on any atom is -0.494 e. The quantitative estimate of drug-likeness (QED) is 0.694. The Morgan fingerprint density at radius 2 is 2.00 bits per heavy atom. The van der Waals surface area contributed by atoms with E-state index in [2.05, 4.69) is 12.2 Å². The maximum absolute atomic E-state index is 11.7. The van der Waals surface area contributed by atoms with Gasteiger partial charge < -0.3 is 10.1 Å². The van der Waals surface area contributed by atoms with Crippen LogP contribution in [-0.2, 0) is 11.2 Å². The normalized spacial score (nSPS) is 10.2. The summed E-state index contributed by atoms with van der Waals surface area (Å²) in [5, 5.41) is 2.96. The number of rotatable bonds is 9. The van der Waals surface area contributed by atoms with E-state index in [0.29, 0.717) is 13.0 Å². The minimum absolute atomic E-state index is 0.127. The smallest absolute Gasteiger partial charge is 0.220 e. The summed E-state index contributed by atoms with van der Waals surface area (Å²) in [6.07, 6.45) is 4.68. The van der Waals surface area contributed by atoms with Crippen molar-refractivity contribution in [3.63, 3.8) is 0 Å². The van der Waals surface area contributed by atoms with Crippen molar-refractivity contribution in [3.05, 3.63) is 29.8 Å². The number of ether oxygens (including phenoxy) is 1. The van der Waals surface area contributed by atoms with Crippen molar-refractivity contribution < 1.29 is 9.53 Å². The number of hydrogen-bond acceptors (Lipinski definition) is 2. The van der Waals surface area contributed by atoms with E-state index in [1.807, 2.05) is 31.2 Å². The van der Waals surface area contributed by atoms with Gasteiger partial charge >= 0.3 is 0 Å². The van der Waals surface area contributed by atoms with Gasteiger partial charge in [0.15, 0.2) is 0 Å². The van der Waals surface area contributed by atoms with Gasteiger partial charge in [-0.05, 0) is 31.4 Å². The molecule has 0 aliphatic rings. The van der Waals surface area contributed by atoms with E-state index in [9.17, 15) is 4.79 Å². The van der Waals surface area contributed by atoms with Gasteiger partial charge in [-0.15, -0.1) is 0 Å². The Hall–Kier alpha value is -1.51. The first-order valence-electron chi connectivity index (χ1n) is 7.25. The second-order valence-electron chi connectivity index (χ2n) is 4.60. The Labute approximate surface area is 116 Å². The summed E-state index contributed by atoms with van der Waals surface area (Å²) in [5.74, 6) is 1.02. The van der Waals surface area contributed by atoms with Crippen LogP contribution in [-0.4, -0.2) is 19.1 Å². The lowest BCUT2D eigenvalue weighted by Gasteiger charge is -2.10. The van der Waals surface area contributed by atoms with E-state index in [1.54, 1.807) is 0 Å². The van der Waals surface area contributed by atoms with Gasteiger partial charge in [0.05, 0.1) is 6.61 Å². The van der Waals surface area contributed by atoms with Gasteiger partial charge in [0.2, 0.25) is 5.91 Å². The van der Waals surface area contributed by atoms with Crippen molar-refractivity contribution in [2.75, 3.05) is 13.2 Å². The topological polar surface area (TPSA) is 38.3 Å². The highest BCUT2D eigenvalue weighted by Crippen LogP contribution is 2.19. The molecule has 1 aromatic rings. The number of unbranched alkanes of at least 4 members (excludes halogenated alkanes) is 2. The molecular formula is C16H25NO2. The second kappa shape index (κ2) is 9.42. The molecule has 0 fully saturated rings. The fourth-order valence-electron chi connectivity index (χ4n) is 1.95. The molecule has 0 atom stereocenters. The van der Waals surface area contributed by atoms with Crippen LogP contribution in [0.2, 0.25) is 0 Å².